The van der Waals surface area contributed by atoms with E-state index in [1.165, 1.54) is 11.1 Å². The van der Waals surface area contributed by atoms with Gasteiger partial charge in [-0.25, -0.2) is 0 Å². The third-order valence-corrected chi connectivity index (χ3v) is 4.06. The first kappa shape index (κ1) is 17.0. The van der Waals surface area contributed by atoms with Gasteiger partial charge in [0.15, 0.2) is 0 Å². The van der Waals surface area contributed by atoms with Crippen molar-refractivity contribution in [3.8, 4) is 0 Å². The maximum Gasteiger partial charge on any atom is 0.257 e. The first-order valence-electron chi connectivity index (χ1n) is 7.92. The zero-order valence-electron chi connectivity index (χ0n) is 13.8. The number of amides is 1. The van der Waals surface area contributed by atoms with E-state index >= 15 is 0 Å². The van der Waals surface area contributed by atoms with E-state index < -0.39 is 0 Å². The fraction of sp³-hybridized carbons (Fsp3) is 0.100. The Hall–Kier alpha value is -2.85. The van der Waals surface area contributed by atoms with Gasteiger partial charge in [-0.1, -0.05) is 41.9 Å². The van der Waals surface area contributed by atoms with E-state index in [1.54, 1.807) is 42.7 Å². The van der Waals surface area contributed by atoms with Gasteiger partial charge in [0.25, 0.3) is 5.91 Å². The minimum atomic E-state index is -0.227. The van der Waals surface area contributed by atoms with Crippen molar-refractivity contribution >= 4 is 28.9 Å². The molecule has 2 N–H and O–H groups in total. The van der Waals surface area contributed by atoms with Crippen LogP contribution in [0.3, 0.4) is 0 Å². The van der Waals surface area contributed by atoms with E-state index in [0.29, 0.717) is 22.8 Å². The second-order valence-electron chi connectivity index (χ2n) is 5.71. The lowest BCUT2D eigenvalue weighted by Gasteiger charge is -2.10. The first-order valence-corrected chi connectivity index (χ1v) is 8.30. The van der Waals surface area contributed by atoms with Gasteiger partial charge in [0, 0.05) is 29.6 Å². The number of aromatic nitrogens is 1. The lowest BCUT2D eigenvalue weighted by atomic mass is 10.1. The maximum atomic E-state index is 12.4. The van der Waals surface area contributed by atoms with E-state index in [4.69, 9.17) is 11.6 Å². The van der Waals surface area contributed by atoms with Crippen molar-refractivity contribution in [3.63, 3.8) is 0 Å². The van der Waals surface area contributed by atoms with Crippen LogP contribution in [0, 0.1) is 6.92 Å². The molecule has 0 saturated heterocycles. The van der Waals surface area contributed by atoms with Crippen LogP contribution >= 0.6 is 11.6 Å². The molecule has 25 heavy (non-hydrogen) atoms. The Morgan fingerprint density at radius 3 is 2.68 bits per heavy atom. The molecular formula is C20H18ClN3O. The number of halogens is 1. The van der Waals surface area contributed by atoms with Crippen molar-refractivity contribution < 1.29 is 4.79 Å². The summed E-state index contributed by atoms with van der Waals surface area (Å²) in [6, 6.07) is 17.0. The van der Waals surface area contributed by atoms with Gasteiger partial charge in [0.2, 0.25) is 0 Å². The van der Waals surface area contributed by atoms with Crippen LogP contribution in [0.15, 0.2) is 67.0 Å². The van der Waals surface area contributed by atoms with Gasteiger partial charge in [-0.05, 0) is 42.3 Å². The van der Waals surface area contributed by atoms with E-state index in [-0.39, 0.29) is 5.91 Å². The van der Waals surface area contributed by atoms with Crippen LogP contribution in [-0.4, -0.2) is 10.9 Å². The smallest absolute Gasteiger partial charge is 0.257 e. The quantitative estimate of drug-likeness (QED) is 0.686. The van der Waals surface area contributed by atoms with Crippen molar-refractivity contribution in [2.75, 3.05) is 10.6 Å². The molecule has 0 bridgehead atoms. The van der Waals surface area contributed by atoms with Crippen LogP contribution < -0.4 is 10.6 Å². The molecule has 5 heteroatoms. The monoisotopic (exact) mass is 351 g/mol. The zero-order valence-corrected chi connectivity index (χ0v) is 14.5. The summed E-state index contributed by atoms with van der Waals surface area (Å²) in [6.45, 7) is 2.75. The van der Waals surface area contributed by atoms with Crippen LogP contribution in [0.5, 0.6) is 0 Å². The number of carbonyl (C=O) groups excluding carboxylic acids is 1. The van der Waals surface area contributed by atoms with Crippen molar-refractivity contribution in [2.45, 2.75) is 13.5 Å². The first-order chi connectivity index (χ1) is 12.1. The molecule has 0 aliphatic carbocycles. The Kier molecular flexibility index (Phi) is 5.31. The highest BCUT2D eigenvalue weighted by Gasteiger charge is 2.08. The summed E-state index contributed by atoms with van der Waals surface area (Å²) in [6.07, 6.45) is 3.24. The molecule has 0 aliphatic heterocycles. The number of hydrogen-bond donors (Lipinski definition) is 2. The van der Waals surface area contributed by atoms with Crippen LogP contribution in [0.25, 0.3) is 0 Å². The van der Waals surface area contributed by atoms with Crippen LogP contribution in [0.1, 0.15) is 21.5 Å². The number of hydrogen-bond acceptors (Lipinski definition) is 3. The number of aryl methyl sites for hydroxylation is 1. The minimum Gasteiger partial charge on any atom is -0.380 e. The van der Waals surface area contributed by atoms with E-state index in [9.17, 15) is 4.79 Å². The van der Waals surface area contributed by atoms with Crippen molar-refractivity contribution in [2.24, 2.45) is 0 Å². The maximum absolute atomic E-state index is 12.4. The molecule has 3 rings (SSSR count). The largest absolute Gasteiger partial charge is 0.380 e. The normalized spacial score (nSPS) is 10.3. The fourth-order valence-electron chi connectivity index (χ4n) is 2.44. The topological polar surface area (TPSA) is 54.0 Å². The van der Waals surface area contributed by atoms with Gasteiger partial charge in [-0.2, -0.15) is 0 Å². The molecule has 126 valence electrons. The molecular weight excluding hydrogens is 334 g/mol. The SMILES string of the molecule is Cc1ccccc1CNc1cncc(C(=O)Nc2cccc(Cl)c2)c1. The van der Waals surface area contributed by atoms with E-state index in [1.807, 2.05) is 12.1 Å². The van der Waals surface area contributed by atoms with E-state index in [0.717, 1.165) is 5.69 Å². The summed E-state index contributed by atoms with van der Waals surface area (Å²) in [4.78, 5) is 16.5. The average Bonchev–Trinajstić information content (AvgIpc) is 2.61. The van der Waals surface area contributed by atoms with E-state index in [2.05, 4.69) is 34.7 Å². The van der Waals surface area contributed by atoms with Gasteiger partial charge >= 0.3 is 0 Å². The van der Waals surface area contributed by atoms with Crippen LogP contribution in [0.4, 0.5) is 11.4 Å². The highest BCUT2D eigenvalue weighted by molar-refractivity contribution is 6.30. The van der Waals surface area contributed by atoms with Gasteiger partial charge in [-0.3, -0.25) is 9.78 Å². The van der Waals surface area contributed by atoms with Crippen molar-refractivity contribution in [1.29, 1.82) is 0 Å². The number of carbonyl (C=O) groups is 1. The Balaban J connectivity index is 1.68. The molecule has 0 saturated carbocycles. The molecule has 0 aliphatic rings. The van der Waals surface area contributed by atoms with Gasteiger partial charge in [0.05, 0.1) is 11.3 Å². The molecule has 0 unspecified atom stereocenters. The highest BCUT2D eigenvalue weighted by atomic mass is 35.5. The Labute approximate surface area is 151 Å². The summed E-state index contributed by atoms with van der Waals surface area (Å²) < 4.78 is 0. The summed E-state index contributed by atoms with van der Waals surface area (Å²) in [5.74, 6) is -0.227. The Morgan fingerprint density at radius 1 is 1.04 bits per heavy atom. The Morgan fingerprint density at radius 2 is 1.88 bits per heavy atom. The Bertz CT molecular complexity index is 895. The highest BCUT2D eigenvalue weighted by Crippen LogP contribution is 2.17. The molecule has 2 aromatic carbocycles. The van der Waals surface area contributed by atoms with Crippen molar-refractivity contribution in [3.05, 3.63) is 88.7 Å². The number of nitrogens with zero attached hydrogens (tertiary/aromatic N) is 1. The number of rotatable bonds is 5. The number of benzene rings is 2. The number of pyridine rings is 1. The van der Waals surface area contributed by atoms with Crippen LogP contribution in [0.2, 0.25) is 5.02 Å². The number of nitrogens with one attached hydrogen (secondary N) is 2. The van der Waals surface area contributed by atoms with Gasteiger partial charge in [-0.15, -0.1) is 0 Å². The molecule has 1 amide bonds. The molecule has 0 atom stereocenters. The standard InChI is InChI=1S/C20H18ClN3O/c1-14-5-2-3-6-15(14)12-23-19-9-16(11-22-13-19)20(25)24-18-8-4-7-17(21)10-18/h2-11,13,23H,12H2,1H3,(H,24,25). The second-order valence-corrected chi connectivity index (χ2v) is 6.14. The lowest BCUT2D eigenvalue weighted by Crippen LogP contribution is -2.12. The summed E-state index contributed by atoms with van der Waals surface area (Å²) >= 11 is 5.94. The fourth-order valence-corrected chi connectivity index (χ4v) is 2.63. The second kappa shape index (κ2) is 7.81. The molecule has 1 aromatic heterocycles. The molecule has 0 spiro atoms. The summed E-state index contributed by atoms with van der Waals surface area (Å²) in [7, 11) is 0. The van der Waals surface area contributed by atoms with Crippen LogP contribution in [-0.2, 0) is 6.54 Å². The predicted octanol–water partition coefficient (Wildman–Crippen LogP) is 4.91. The minimum absolute atomic E-state index is 0.227. The molecule has 1 heterocycles. The summed E-state index contributed by atoms with van der Waals surface area (Å²) in [5, 5.41) is 6.70. The third kappa shape index (κ3) is 4.58. The van der Waals surface area contributed by atoms with Gasteiger partial charge in [0.1, 0.15) is 0 Å². The molecule has 0 fully saturated rings. The lowest BCUT2D eigenvalue weighted by molar-refractivity contribution is 0.102. The molecule has 0 radical (unpaired) electrons. The predicted molar refractivity (Wildman–Crippen MR) is 102 cm³/mol. The zero-order chi connectivity index (χ0) is 17.6. The molecule has 4 nitrogen and oxygen atoms in total. The molecule has 3 aromatic rings. The third-order valence-electron chi connectivity index (χ3n) is 3.83. The van der Waals surface area contributed by atoms with Crippen molar-refractivity contribution in [1.82, 2.24) is 4.98 Å². The number of anilines is 2. The van der Waals surface area contributed by atoms with Gasteiger partial charge < -0.3 is 10.6 Å². The summed E-state index contributed by atoms with van der Waals surface area (Å²) in [5.41, 5.74) is 4.35. The average molecular weight is 352 g/mol.